The lowest BCUT2D eigenvalue weighted by atomic mass is 10.0. The molecule has 1 aliphatic rings. The second-order valence-electron chi connectivity index (χ2n) is 5.35. The number of rotatable bonds is 4. The summed E-state index contributed by atoms with van der Waals surface area (Å²) in [6.45, 7) is 3.39. The summed E-state index contributed by atoms with van der Waals surface area (Å²) in [7, 11) is 1.71. The molecule has 0 bridgehead atoms. The second-order valence-corrected chi connectivity index (χ2v) is 5.35. The molecule has 1 aliphatic heterocycles. The molecule has 0 radical (unpaired) electrons. The number of aryl methyl sites for hydroxylation is 1. The number of ether oxygens (including phenoxy) is 1. The average molecular weight is 290 g/mol. The normalized spacial score (nSPS) is 21.9. The predicted octanol–water partition coefficient (Wildman–Crippen LogP) is 0.760. The van der Waals surface area contributed by atoms with Crippen molar-refractivity contribution in [1.82, 2.24) is 15.1 Å². The molecule has 7 heteroatoms. The van der Waals surface area contributed by atoms with Crippen molar-refractivity contribution >= 4 is 5.82 Å². The molecule has 1 fully saturated rings. The number of hydrogen-bond donors (Lipinski definition) is 1. The van der Waals surface area contributed by atoms with Crippen LogP contribution in [0.5, 0.6) is 0 Å². The van der Waals surface area contributed by atoms with Crippen LogP contribution in [0.1, 0.15) is 11.5 Å². The molecule has 0 aromatic carbocycles. The summed E-state index contributed by atoms with van der Waals surface area (Å²) in [6.07, 6.45) is 2.27. The lowest BCUT2D eigenvalue weighted by Gasteiger charge is -2.15. The van der Waals surface area contributed by atoms with Crippen molar-refractivity contribution in [3.8, 4) is 0 Å². The molecular formula is C14H18N4O3. The van der Waals surface area contributed by atoms with Gasteiger partial charge in [0, 0.05) is 44.7 Å². The number of aromatic amines is 1. The Balaban J connectivity index is 1.75. The van der Waals surface area contributed by atoms with Gasteiger partial charge in [-0.3, -0.25) is 4.79 Å². The fraction of sp³-hybridized carbons (Fsp3) is 0.500. The van der Waals surface area contributed by atoms with Crippen LogP contribution in [0.4, 0.5) is 5.82 Å². The maximum Gasteiger partial charge on any atom is 0.252 e. The minimum atomic E-state index is -0.150. The molecule has 2 atom stereocenters. The Labute approximate surface area is 121 Å². The van der Waals surface area contributed by atoms with Crippen molar-refractivity contribution in [3.63, 3.8) is 0 Å². The van der Waals surface area contributed by atoms with Gasteiger partial charge in [-0.25, -0.2) is 4.98 Å². The van der Waals surface area contributed by atoms with Gasteiger partial charge in [-0.05, 0) is 6.92 Å². The fourth-order valence-electron chi connectivity index (χ4n) is 2.79. The lowest BCUT2D eigenvalue weighted by molar-refractivity contribution is 0.0812. The van der Waals surface area contributed by atoms with Gasteiger partial charge in [0.05, 0.1) is 18.1 Å². The topological polar surface area (TPSA) is 84.2 Å². The van der Waals surface area contributed by atoms with Gasteiger partial charge >= 0.3 is 0 Å². The molecule has 2 aromatic rings. The largest absolute Gasteiger partial charge is 0.379 e. The lowest BCUT2D eigenvalue weighted by Crippen LogP contribution is -2.24. The molecular weight excluding hydrogens is 272 g/mol. The van der Waals surface area contributed by atoms with Crippen molar-refractivity contribution in [2.75, 3.05) is 25.1 Å². The molecule has 2 aromatic heterocycles. The SMILES string of the molecule is CO[C@H]1CN(c2cc(=O)[nH]cn2)C[C@H]1Cc1cc(C)no1. The third kappa shape index (κ3) is 2.97. The molecule has 0 spiro atoms. The quantitative estimate of drug-likeness (QED) is 0.895. The Morgan fingerprint density at radius 2 is 2.33 bits per heavy atom. The highest BCUT2D eigenvalue weighted by Gasteiger charge is 2.34. The molecule has 0 aliphatic carbocycles. The highest BCUT2D eigenvalue weighted by atomic mass is 16.5. The van der Waals surface area contributed by atoms with Crippen LogP contribution >= 0.6 is 0 Å². The Morgan fingerprint density at radius 3 is 3.00 bits per heavy atom. The van der Waals surface area contributed by atoms with Crippen LogP contribution in [0.3, 0.4) is 0 Å². The molecule has 1 N–H and O–H groups in total. The van der Waals surface area contributed by atoms with E-state index in [4.69, 9.17) is 9.26 Å². The van der Waals surface area contributed by atoms with Gasteiger partial charge in [0.1, 0.15) is 11.6 Å². The maximum atomic E-state index is 11.4. The molecule has 1 saturated heterocycles. The summed E-state index contributed by atoms with van der Waals surface area (Å²) in [5, 5.41) is 3.91. The zero-order valence-electron chi connectivity index (χ0n) is 12.1. The van der Waals surface area contributed by atoms with E-state index in [0.29, 0.717) is 12.4 Å². The van der Waals surface area contributed by atoms with E-state index in [1.165, 1.54) is 12.4 Å². The number of methoxy groups -OCH3 is 1. The summed E-state index contributed by atoms with van der Waals surface area (Å²) in [5.41, 5.74) is 0.730. The zero-order chi connectivity index (χ0) is 14.8. The molecule has 0 saturated carbocycles. The van der Waals surface area contributed by atoms with Crippen molar-refractivity contribution in [2.24, 2.45) is 5.92 Å². The Hall–Kier alpha value is -2.15. The average Bonchev–Trinajstić information content (AvgIpc) is 3.06. The number of H-pyrrole nitrogens is 1. The van der Waals surface area contributed by atoms with Gasteiger partial charge in [-0.1, -0.05) is 5.16 Å². The third-order valence-electron chi connectivity index (χ3n) is 3.81. The first kappa shape index (κ1) is 13.8. The zero-order valence-corrected chi connectivity index (χ0v) is 12.1. The summed E-state index contributed by atoms with van der Waals surface area (Å²) in [6, 6.07) is 3.45. The van der Waals surface area contributed by atoms with E-state index >= 15 is 0 Å². The van der Waals surface area contributed by atoms with Crippen LogP contribution in [0.2, 0.25) is 0 Å². The molecule has 3 rings (SSSR count). The molecule has 0 amide bonds. The van der Waals surface area contributed by atoms with Crippen molar-refractivity contribution in [2.45, 2.75) is 19.4 Å². The standard InChI is InChI=1S/C14H18N4O3/c1-9-3-11(21-17-9)4-10-6-18(7-12(10)20-2)13-5-14(19)16-8-15-13/h3,5,8,10,12H,4,6-7H2,1-2H3,(H,15,16,19)/t10-,12+/m1/s1. The predicted molar refractivity (Wildman–Crippen MR) is 76.3 cm³/mol. The van der Waals surface area contributed by atoms with Crippen molar-refractivity contribution in [3.05, 3.63) is 40.3 Å². The van der Waals surface area contributed by atoms with Gasteiger partial charge < -0.3 is 19.1 Å². The van der Waals surface area contributed by atoms with Crippen LogP contribution in [-0.2, 0) is 11.2 Å². The van der Waals surface area contributed by atoms with Crippen LogP contribution in [0.15, 0.2) is 27.8 Å². The first-order chi connectivity index (χ1) is 10.2. The Kier molecular flexibility index (Phi) is 3.74. The molecule has 112 valence electrons. The van der Waals surface area contributed by atoms with E-state index in [9.17, 15) is 4.79 Å². The second kappa shape index (κ2) is 5.69. The van der Waals surface area contributed by atoms with Crippen LogP contribution in [0.25, 0.3) is 0 Å². The summed E-state index contributed by atoms with van der Waals surface area (Å²) < 4.78 is 10.9. The van der Waals surface area contributed by atoms with E-state index in [2.05, 4.69) is 20.0 Å². The summed E-state index contributed by atoms with van der Waals surface area (Å²) in [4.78, 5) is 20.2. The number of nitrogens with one attached hydrogen (secondary N) is 1. The van der Waals surface area contributed by atoms with E-state index < -0.39 is 0 Å². The van der Waals surface area contributed by atoms with Crippen LogP contribution < -0.4 is 10.5 Å². The van der Waals surface area contributed by atoms with Crippen molar-refractivity contribution in [1.29, 1.82) is 0 Å². The molecule has 0 unspecified atom stereocenters. The summed E-state index contributed by atoms with van der Waals surface area (Å²) in [5.74, 6) is 1.82. The van der Waals surface area contributed by atoms with Gasteiger partial charge in [0.15, 0.2) is 0 Å². The minimum absolute atomic E-state index is 0.0801. The Bertz CT molecular complexity index is 666. The smallest absolute Gasteiger partial charge is 0.252 e. The highest BCUT2D eigenvalue weighted by molar-refractivity contribution is 5.38. The van der Waals surface area contributed by atoms with E-state index in [-0.39, 0.29) is 17.6 Å². The van der Waals surface area contributed by atoms with Gasteiger partial charge in [-0.2, -0.15) is 0 Å². The van der Waals surface area contributed by atoms with Gasteiger partial charge in [-0.15, -0.1) is 0 Å². The molecule has 21 heavy (non-hydrogen) atoms. The van der Waals surface area contributed by atoms with E-state index in [0.717, 1.165) is 24.4 Å². The molecule has 7 nitrogen and oxygen atoms in total. The number of anilines is 1. The van der Waals surface area contributed by atoms with E-state index in [1.54, 1.807) is 7.11 Å². The maximum absolute atomic E-state index is 11.4. The van der Waals surface area contributed by atoms with Crippen LogP contribution in [-0.4, -0.2) is 41.4 Å². The first-order valence-electron chi connectivity index (χ1n) is 6.90. The molecule has 3 heterocycles. The fourth-order valence-corrected chi connectivity index (χ4v) is 2.79. The third-order valence-corrected chi connectivity index (χ3v) is 3.81. The van der Waals surface area contributed by atoms with Crippen LogP contribution in [0, 0.1) is 12.8 Å². The van der Waals surface area contributed by atoms with Gasteiger partial charge in [0.2, 0.25) is 0 Å². The minimum Gasteiger partial charge on any atom is -0.379 e. The summed E-state index contributed by atoms with van der Waals surface area (Å²) >= 11 is 0. The number of nitrogens with zero attached hydrogens (tertiary/aromatic N) is 3. The van der Waals surface area contributed by atoms with Crippen molar-refractivity contribution < 1.29 is 9.26 Å². The van der Waals surface area contributed by atoms with E-state index in [1.807, 2.05) is 13.0 Å². The number of aromatic nitrogens is 3. The highest BCUT2D eigenvalue weighted by Crippen LogP contribution is 2.26. The Morgan fingerprint density at radius 1 is 1.48 bits per heavy atom. The first-order valence-corrected chi connectivity index (χ1v) is 6.90. The monoisotopic (exact) mass is 290 g/mol. The number of hydrogen-bond acceptors (Lipinski definition) is 6. The van der Waals surface area contributed by atoms with Gasteiger partial charge in [0.25, 0.3) is 5.56 Å².